The average molecular weight is 320 g/mol. The van der Waals surface area contributed by atoms with Gasteiger partial charge in [0.25, 0.3) is 0 Å². The molecule has 2 amide bonds. The SMILES string of the molecule is C[N+]1(C(O)OC(S)I)C(=O)OC1=O. The molecule has 8 heteroatoms. The summed E-state index contributed by atoms with van der Waals surface area (Å²) < 4.78 is 7.31. The molecule has 2 atom stereocenters. The molecule has 0 aromatic carbocycles. The summed E-state index contributed by atoms with van der Waals surface area (Å²) in [6, 6.07) is 0. The van der Waals surface area contributed by atoms with Crippen molar-refractivity contribution in [1.82, 2.24) is 0 Å². The van der Waals surface area contributed by atoms with Crippen molar-refractivity contribution in [2.45, 2.75) is 9.86 Å². The summed E-state index contributed by atoms with van der Waals surface area (Å²) in [5.74, 6) is 0. The van der Waals surface area contributed by atoms with E-state index in [1.54, 1.807) is 22.6 Å². The van der Waals surface area contributed by atoms with Gasteiger partial charge in [-0.05, 0) is 22.6 Å². The maximum atomic E-state index is 10.8. The predicted molar refractivity (Wildman–Crippen MR) is 51.9 cm³/mol. The second kappa shape index (κ2) is 3.69. The van der Waals surface area contributed by atoms with Crippen molar-refractivity contribution in [3.63, 3.8) is 0 Å². The molecule has 0 spiro atoms. The molecule has 0 saturated carbocycles. The van der Waals surface area contributed by atoms with Gasteiger partial charge in [0.1, 0.15) is 0 Å². The third-order valence-electron chi connectivity index (χ3n) is 1.61. The molecule has 0 bridgehead atoms. The number of imide groups is 1. The lowest BCUT2D eigenvalue weighted by molar-refractivity contribution is -0.875. The highest BCUT2D eigenvalue weighted by Crippen LogP contribution is 2.26. The van der Waals surface area contributed by atoms with Crippen LogP contribution in [0.4, 0.5) is 9.59 Å². The lowest BCUT2D eigenvalue weighted by Crippen LogP contribution is -2.70. The molecular weight excluding hydrogens is 313 g/mol. The average Bonchev–Trinajstić information content (AvgIpc) is 2.02. The van der Waals surface area contributed by atoms with Crippen LogP contribution in [0.2, 0.25) is 0 Å². The molecule has 0 aliphatic carbocycles. The predicted octanol–water partition coefficient (Wildman–Crippen LogP) is 0.644. The van der Waals surface area contributed by atoms with E-state index in [1.807, 2.05) is 0 Å². The number of halogens is 1. The largest absolute Gasteiger partial charge is 0.542 e. The van der Waals surface area contributed by atoms with Gasteiger partial charge in [0, 0.05) is 0 Å². The second-order valence-corrected chi connectivity index (χ2v) is 5.05. The van der Waals surface area contributed by atoms with Crippen LogP contribution in [-0.4, -0.2) is 38.7 Å². The summed E-state index contributed by atoms with van der Waals surface area (Å²) in [6.45, 7) is 0. The monoisotopic (exact) mass is 320 g/mol. The number of nitrogens with zero attached hydrogens (tertiary/aromatic N) is 1. The highest BCUT2D eigenvalue weighted by molar-refractivity contribution is 14.1. The highest BCUT2D eigenvalue weighted by Gasteiger charge is 2.63. The topological polar surface area (TPSA) is 72.8 Å². The number of thiol groups is 1. The lowest BCUT2D eigenvalue weighted by atomic mass is 10.5. The van der Waals surface area contributed by atoms with Crippen LogP contribution >= 0.6 is 35.2 Å². The number of carbonyl (C=O) groups excluding carboxylic acids is 2. The molecule has 0 aromatic heterocycles. The Balaban J connectivity index is 2.69. The number of ether oxygens (including phenoxy) is 2. The Morgan fingerprint density at radius 1 is 1.62 bits per heavy atom. The Morgan fingerprint density at radius 2 is 2.08 bits per heavy atom. The van der Waals surface area contributed by atoms with E-state index >= 15 is 0 Å². The minimum atomic E-state index is -1.58. The number of alkyl halides is 1. The first kappa shape index (κ1) is 11.2. The molecule has 0 aromatic rings. The van der Waals surface area contributed by atoms with E-state index in [0.29, 0.717) is 0 Å². The van der Waals surface area contributed by atoms with Gasteiger partial charge >= 0.3 is 18.6 Å². The molecule has 1 aliphatic rings. The third-order valence-corrected chi connectivity index (χ3v) is 2.02. The fourth-order valence-corrected chi connectivity index (χ4v) is 1.07. The Kier molecular flexibility index (Phi) is 3.17. The quantitative estimate of drug-likeness (QED) is 0.199. The van der Waals surface area contributed by atoms with Crippen LogP contribution < -0.4 is 0 Å². The Morgan fingerprint density at radius 3 is 2.38 bits per heavy atom. The molecule has 6 nitrogen and oxygen atoms in total. The van der Waals surface area contributed by atoms with E-state index in [4.69, 9.17) is 4.74 Å². The van der Waals surface area contributed by atoms with Crippen LogP contribution in [0.1, 0.15) is 0 Å². The minimum Gasteiger partial charge on any atom is -0.320 e. The van der Waals surface area contributed by atoms with E-state index in [1.165, 1.54) is 7.05 Å². The summed E-state index contributed by atoms with van der Waals surface area (Å²) in [4.78, 5) is 21.7. The molecule has 1 rings (SSSR count). The summed E-state index contributed by atoms with van der Waals surface area (Å²) >= 11 is 5.58. The van der Waals surface area contributed by atoms with Crippen LogP contribution in [0.25, 0.3) is 0 Å². The molecule has 74 valence electrons. The number of hydrogen-bond donors (Lipinski definition) is 2. The maximum Gasteiger partial charge on any atom is 0.542 e. The van der Waals surface area contributed by atoms with E-state index in [2.05, 4.69) is 17.4 Å². The summed E-state index contributed by atoms with van der Waals surface area (Å²) in [5.41, 5.74) is 0. The van der Waals surface area contributed by atoms with E-state index in [9.17, 15) is 14.7 Å². The smallest absolute Gasteiger partial charge is 0.320 e. The molecular formula is C5H7INO5S+. The van der Waals surface area contributed by atoms with Crippen LogP contribution in [0.15, 0.2) is 0 Å². The summed E-state index contributed by atoms with van der Waals surface area (Å²) in [7, 11) is 1.20. The Labute approximate surface area is 92.9 Å². The number of hydrogen-bond acceptors (Lipinski definition) is 6. The first-order chi connectivity index (χ1) is 5.89. The van der Waals surface area contributed by atoms with E-state index in [0.717, 1.165) is 0 Å². The van der Waals surface area contributed by atoms with Crippen LogP contribution in [-0.2, 0) is 9.47 Å². The van der Waals surface area contributed by atoms with Crippen molar-refractivity contribution in [3.8, 4) is 0 Å². The van der Waals surface area contributed by atoms with Crippen LogP contribution in [0.3, 0.4) is 0 Å². The Hall–Kier alpha value is 0.1000. The van der Waals surface area contributed by atoms with Gasteiger partial charge in [-0.1, -0.05) is 4.48 Å². The molecule has 13 heavy (non-hydrogen) atoms. The number of cyclic esters (lactones) is 2. The van der Waals surface area contributed by atoms with Gasteiger partial charge in [0.2, 0.25) is 0 Å². The van der Waals surface area contributed by atoms with Gasteiger partial charge in [-0.2, -0.15) is 9.59 Å². The third kappa shape index (κ3) is 1.81. The summed E-state index contributed by atoms with van der Waals surface area (Å²) in [6.07, 6.45) is -3.26. The van der Waals surface area contributed by atoms with Crippen molar-refractivity contribution >= 4 is 47.4 Å². The first-order valence-corrected chi connectivity index (χ1v) is 4.94. The minimum absolute atomic E-state index is 0.608. The van der Waals surface area contributed by atoms with Crippen molar-refractivity contribution in [1.29, 1.82) is 0 Å². The van der Waals surface area contributed by atoms with Gasteiger partial charge in [0.05, 0.1) is 7.05 Å². The molecule has 1 aliphatic heterocycles. The molecule has 2 unspecified atom stereocenters. The number of aliphatic hydroxyl groups excluding tert-OH is 1. The zero-order valence-corrected chi connectivity index (χ0v) is 9.56. The number of aliphatic hydroxyl groups is 1. The lowest BCUT2D eigenvalue weighted by Gasteiger charge is -2.34. The van der Waals surface area contributed by atoms with Gasteiger partial charge in [-0.3, -0.25) is 9.47 Å². The van der Waals surface area contributed by atoms with Gasteiger partial charge in [-0.25, -0.2) is 0 Å². The van der Waals surface area contributed by atoms with E-state index in [-0.39, 0.29) is 0 Å². The maximum absolute atomic E-state index is 10.8. The number of amides is 2. The van der Waals surface area contributed by atoms with Crippen LogP contribution in [0.5, 0.6) is 0 Å². The zero-order chi connectivity index (χ0) is 10.2. The van der Waals surface area contributed by atoms with Crippen LogP contribution in [0, 0.1) is 0 Å². The standard InChI is InChI=1S/C5H6INO5S/c1-7(3(8)11-2(6)13)4(9)12-5(7)10/h2-3,8H,1H3/p+1. The van der Waals surface area contributed by atoms with Gasteiger partial charge in [-0.15, -0.1) is 12.6 Å². The van der Waals surface area contributed by atoms with Crippen molar-refractivity contribution < 1.29 is 28.7 Å². The van der Waals surface area contributed by atoms with Crippen molar-refractivity contribution in [2.24, 2.45) is 0 Å². The Bertz CT molecular complexity index is 243. The van der Waals surface area contributed by atoms with Gasteiger partial charge < -0.3 is 5.11 Å². The highest BCUT2D eigenvalue weighted by atomic mass is 127. The zero-order valence-electron chi connectivity index (χ0n) is 6.51. The molecule has 1 heterocycles. The fraction of sp³-hybridized carbons (Fsp3) is 0.600. The van der Waals surface area contributed by atoms with Crippen molar-refractivity contribution in [2.75, 3.05) is 7.05 Å². The number of carbonyl (C=O) groups is 2. The number of quaternary nitrogens is 1. The molecule has 1 fully saturated rings. The van der Waals surface area contributed by atoms with Crippen molar-refractivity contribution in [3.05, 3.63) is 0 Å². The number of rotatable bonds is 3. The molecule has 1 saturated heterocycles. The van der Waals surface area contributed by atoms with Gasteiger partial charge in [0.15, 0.2) is 3.44 Å². The first-order valence-electron chi connectivity index (χ1n) is 3.18. The fourth-order valence-electron chi connectivity index (χ4n) is 0.702. The molecule has 1 N–H and O–H groups in total. The summed E-state index contributed by atoms with van der Waals surface area (Å²) in [5, 5.41) is 9.31. The second-order valence-electron chi connectivity index (χ2n) is 2.46. The molecule has 0 radical (unpaired) electrons. The normalized spacial score (nSPS) is 24.6. The van der Waals surface area contributed by atoms with E-state index < -0.39 is 26.5 Å².